The Morgan fingerprint density at radius 3 is 2.23 bits per heavy atom. The van der Waals surface area contributed by atoms with Crippen molar-refractivity contribution in [2.24, 2.45) is 22.7 Å². The summed E-state index contributed by atoms with van der Waals surface area (Å²) in [5.74, 6) is -0.998. The van der Waals surface area contributed by atoms with Gasteiger partial charge in [0, 0.05) is 0 Å². The molecule has 0 aromatic rings. The van der Waals surface area contributed by atoms with E-state index in [-0.39, 0.29) is 17.3 Å². The average Bonchev–Trinajstić information content (AvgIpc) is 2.79. The molecule has 2 rings (SSSR count). The van der Waals surface area contributed by atoms with E-state index in [2.05, 4.69) is 20.4 Å². The Bertz CT molecular complexity index is 525. The number of carbonyl (C=O) groups excluding carboxylic acids is 2. The van der Waals surface area contributed by atoms with Crippen molar-refractivity contribution in [3.8, 4) is 0 Å². The average molecular weight is 306 g/mol. The Morgan fingerprint density at radius 2 is 1.77 bits per heavy atom. The molecule has 2 aliphatic carbocycles. The zero-order valence-electron chi connectivity index (χ0n) is 14.2. The minimum atomic E-state index is -1.32. The highest BCUT2D eigenvalue weighted by Gasteiger charge is 2.61. The first kappa shape index (κ1) is 16.8. The molecule has 0 bridgehead atoms. The normalized spacial score (nSPS) is 28.3. The maximum Gasteiger partial charge on any atom is 0.327 e. The van der Waals surface area contributed by atoms with Crippen molar-refractivity contribution in [2.75, 3.05) is 14.2 Å². The minimum absolute atomic E-state index is 0.105. The molecule has 0 amide bonds. The molecule has 0 aromatic heterocycles. The monoisotopic (exact) mass is 306 g/mol. The molecule has 0 N–H and O–H groups in total. The topological polar surface area (TPSA) is 52.6 Å². The lowest BCUT2D eigenvalue weighted by atomic mass is 9.61. The van der Waals surface area contributed by atoms with Gasteiger partial charge in [0.1, 0.15) is 0 Å². The van der Waals surface area contributed by atoms with Crippen LogP contribution in [0.5, 0.6) is 0 Å². The van der Waals surface area contributed by atoms with E-state index in [1.807, 2.05) is 6.92 Å². The number of hydrogen-bond donors (Lipinski definition) is 0. The summed E-state index contributed by atoms with van der Waals surface area (Å²) in [5.41, 5.74) is 0.785. The molecule has 1 saturated carbocycles. The van der Waals surface area contributed by atoms with Gasteiger partial charge in [-0.05, 0) is 49.0 Å². The second kappa shape index (κ2) is 5.56. The van der Waals surface area contributed by atoms with Crippen molar-refractivity contribution < 1.29 is 19.1 Å². The van der Waals surface area contributed by atoms with Crippen molar-refractivity contribution in [1.29, 1.82) is 0 Å². The predicted molar refractivity (Wildman–Crippen MR) is 84.0 cm³/mol. The first-order valence-electron chi connectivity index (χ1n) is 7.75. The fourth-order valence-corrected chi connectivity index (χ4v) is 4.20. The SMILES string of the molecule is C=C(C)C1=CC(C(=O)OC)(C(=O)OC)[C@@H]2CCC(C)(C)C[C@H]12. The number of allylic oxidation sites excluding steroid dienone is 2. The zero-order chi connectivity index (χ0) is 16.7. The van der Waals surface area contributed by atoms with E-state index in [9.17, 15) is 9.59 Å². The summed E-state index contributed by atoms with van der Waals surface area (Å²) in [7, 11) is 2.64. The maximum atomic E-state index is 12.5. The van der Waals surface area contributed by atoms with Gasteiger partial charge < -0.3 is 9.47 Å². The second-order valence-corrected chi connectivity index (χ2v) is 7.35. The number of carbonyl (C=O) groups is 2. The molecule has 22 heavy (non-hydrogen) atoms. The van der Waals surface area contributed by atoms with Crippen LogP contribution < -0.4 is 0 Å². The molecule has 0 aliphatic heterocycles. The molecule has 0 spiro atoms. The summed E-state index contributed by atoms with van der Waals surface area (Å²) in [5, 5.41) is 0. The standard InChI is InChI=1S/C18H26O4/c1-11(2)12-10-18(15(19)21-5,16(20)22-6)14-7-8-17(3,4)9-13(12)14/h10,13-14H,1,7-9H2,2-6H3/t13-,14-/m1/s1. The lowest BCUT2D eigenvalue weighted by Crippen LogP contribution is -2.47. The molecule has 0 unspecified atom stereocenters. The lowest BCUT2D eigenvalue weighted by molar-refractivity contribution is -0.170. The van der Waals surface area contributed by atoms with Crippen LogP contribution in [0.4, 0.5) is 0 Å². The van der Waals surface area contributed by atoms with Crippen molar-refractivity contribution in [3.05, 3.63) is 23.8 Å². The Morgan fingerprint density at radius 1 is 1.23 bits per heavy atom. The van der Waals surface area contributed by atoms with Gasteiger partial charge in [-0.1, -0.05) is 32.1 Å². The number of methoxy groups -OCH3 is 2. The van der Waals surface area contributed by atoms with E-state index in [1.165, 1.54) is 14.2 Å². The van der Waals surface area contributed by atoms with Crippen LogP contribution in [0.3, 0.4) is 0 Å². The lowest BCUT2D eigenvalue weighted by Gasteiger charge is -2.42. The van der Waals surface area contributed by atoms with Gasteiger partial charge in [-0.3, -0.25) is 9.59 Å². The van der Waals surface area contributed by atoms with Crippen LogP contribution in [0.25, 0.3) is 0 Å². The van der Waals surface area contributed by atoms with Crippen LogP contribution in [-0.2, 0) is 19.1 Å². The molecule has 2 atom stereocenters. The summed E-state index contributed by atoms with van der Waals surface area (Å²) < 4.78 is 9.95. The van der Waals surface area contributed by atoms with Gasteiger partial charge in [0.15, 0.2) is 5.41 Å². The van der Waals surface area contributed by atoms with E-state index >= 15 is 0 Å². The van der Waals surface area contributed by atoms with E-state index in [0.29, 0.717) is 0 Å². The van der Waals surface area contributed by atoms with Gasteiger partial charge >= 0.3 is 11.9 Å². The number of fused-ring (bicyclic) bond motifs is 1. The Balaban J connectivity index is 2.57. The van der Waals surface area contributed by atoms with Gasteiger partial charge in [0.05, 0.1) is 14.2 Å². The highest BCUT2D eigenvalue weighted by Crippen LogP contribution is 2.58. The molecule has 4 nitrogen and oxygen atoms in total. The van der Waals surface area contributed by atoms with Crippen molar-refractivity contribution in [1.82, 2.24) is 0 Å². The zero-order valence-corrected chi connectivity index (χ0v) is 14.2. The number of hydrogen-bond acceptors (Lipinski definition) is 4. The molecule has 0 saturated heterocycles. The van der Waals surface area contributed by atoms with Gasteiger partial charge in [-0.25, -0.2) is 0 Å². The molecule has 2 aliphatic rings. The van der Waals surface area contributed by atoms with E-state index in [0.717, 1.165) is 30.4 Å². The van der Waals surface area contributed by atoms with Crippen molar-refractivity contribution >= 4 is 11.9 Å². The van der Waals surface area contributed by atoms with Crippen LogP contribution in [0.1, 0.15) is 40.0 Å². The smallest absolute Gasteiger partial charge is 0.327 e. The molecular formula is C18H26O4. The molecule has 1 fully saturated rings. The minimum Gasteiger partial charge on any atom is -0.468 e. The number of ether oxygens (including phenoxy) is 2. The number of rotatable bonds is 3. The molecule has 0 heterocycles. The third-order valence-corrected chi connectivity index (χ3v) is 5.30. The molecule has 0 radical (unpaired) electrons. The summed E-state index contributed by atoms with van der Waals surface area (Å²) >= 11 is 0. The van der Waals surface area contributed by atoms with Gasteiger partial charge in [-0.2, -0.15) is 0 Å². The van der Waals surface area contributed by atoms with Crippen LogP contribution in [-0.4, -0.2) is 26.2 Å². The summed E-state index contributed by atoms with van der Waals surface area (Å²) in [6.45, 7) is 10.4. The Kier molecular flexibility index (Phi) is 4.24. The van der Waals surface area contributed by atoms with Crippen LogP contribution in [0.15, 0.2) is 23.8 Å². The first-order valence-corrected chi connectivity index (χ1v) is 7.75. The predicted octanol–water partition coefficient (Wildman–Crippen LogP) is 3.28. The van der Waals surface area contributed by atoms with Crippen molar-refractivity contribution in [2.45, 2.75) is 40.0 Å². The highest BCUT2D eigenvalue weighted by atomic mass is 16.5. The van der Waals surface area contributed by atoms with Crippen LogP contribution in [0, 0.1) is 22.7 Å². The first-order chi connectivity index (χ1) is 10.2. The molecule has 122 valence electrons. The molecular weight excluding hydrogens is 280 g/mol. The van der Waals surface area contributed by atoms with Crippen LogP contribution >= 0.6 is 0 Å². The van der Waals surface area contributed by atoms with Crippen molar-refractivity contribution in [3.63, 3.8) is 0 Å². The van der Waals surface area contributed by atoms with Gasteiger partial charge in [0.25, 0.3) is 0 Å². The third-order valence-electron chi connectivity index (χ3n) is 5.30. The second-order valence-electron chi connectivity index (χ2n) is 7.35. The van der Waals surface area contributed by atoms with Gasteiger partial charge in [0.2, 0.25) is 0 Å². The summed E-state index contributed by atoms with van der Waals surface area (Å²) in [6.07, 6.45) is 4.48. The summed E-state index contributed by atoms with van der Waals surface area (Å²) in [6, 6.07) is 0. The Labute approximate surface area is 132 Å². The van der Waals surface area contributed by atoms with E-state index in [4.69, 9.17) is 9.47 Å². The van der Waals surface area contributed by atoms with Crippen LogP contribution in [0.2, 0.25) is 0 Å². The number of esters is 2. The van der Waals surface area contributed by atoms with Gasteiger partial charge in [-0.15, -0.1) is 0 Å². The largest absolute Gasteiger partial charge is 0.468 e. The molecule has 4 heteroatoms. The quantitative estimate of drug-likeness (QED) is 0.593. The highest BCUT2D eigenvalue weighted by molar-refractivity contribution is 6.03. The fourth-order valence-electron chi connectivity index (χ4n) is 4.20. The Hall–Kier alpha value is -1.58. The third kappa shape index (κ3) is 2.38. The molecule has 0 aromatic carbocycles. The van der Waals surface area contributed by atoms with E-state index in [1.54, 1.807) is 6.08 Å². The van der Waals surface area contributed by atoms with E-state index < -0.39 is 17.4 Å². The fraction of sp³-hybridized carbons (Fsp3) is 0.667. The summed E-state index contributed by atoms with van der Waals surface area (Å²) in [4.78, 5) is 25.0. The maximum absolute atomic E-state index is 12.5.